The van der Waals surface area contributed by atoms with Gasteiger partial charge in [0.15, 0.2) is 0 Å². The monoisotopic (exact) mass is 273 g/mol. The zero-order valence-electron chi connectivity index (χ0n) is 12.5. The van der Waals surface area contributed by atoms with Crippen molar-refractivity contribution in [2.24, 2.45) is 0 Å². The summed E-state index contributed by atoms with van der Waals surface area (Å²) in [5.41, 5.74) is 2.49. The summed E-state index contributed by atoms with van der Waals surface area (Å²) >= 11 is 0. The van der Waals surface area contributed by atoms with Gasteiger partial charge in [0.1, 0.15) is 6.04 Å². The standard InChI is InChI=1S/C17H23NO2/c1-4-20-17(19)16-12-13(2)10-11-18(16)14(3)15-8-6-5-7-9-15/h5-10,14,16H,4,11-12H2,1-3H3/t14-,16-/m1/s1. The summed E-state index contributed by atoms with van der Waals surface area (Å²) in [6.07, 6.45) is 2.96. The number of benzene rings is 1. The Hall–Kier alpha value is -1.61. The molecular formula is C17H23NO2. The molecule has 0 aromatic heterocycles. The second-order valence-electron chi connectivity index (χ2n) is 5.31. The third-order valence-corrected chi connectivity index (χ3v) is 3.90. The largest absolute Gasteiger partial charge is 0.465 e. The smallest absolute Gasteiger partial charge is 0.323 e. The van der Waals surface area contributed by atoms with Crippen LogP contribution in [0.2, 0.25) is 0 Å². The highest BCUT2D eigenvalue weighted by atomic mass is 16.5. The van der Waals surface area contributed by atoms with Crippen molar-refractivity contribution in [1.82, 2.24) is 4.90 Å². The molecule has 108 valence electrons. The second-order valence-corrected chi connectivity index (χ2v) is 5.31. The number of hydrogen-bond acceptors (Lipinski definition) is 3. The number of carbonyl (C=O) groups is 1. The van der Waals surface area contributed by atoms with E-state index < -0.39 is 0 Å². The summed E-state index contributed by atoms with van der Waals surface area (Å²) in [7, 11) is 0. The molecule has 0 unspecified atom stereocenters. The highest BCUT2D eigenvalue weighted by molar-refractivity contribution is 5.76. The highest BCUT2D eigenvalue weighted by Crippen LogP contribution is 2.28. The van der Waals surface area contributed by atoms with Crippen LogP contribution in [0.4, 0.5) is 0 Å². The van der Waals surface area contributed by atoms with E-state index in [2.05, 4.69) is 37.0 Å². The van der Waals surface area contributed by atoms with E-state index >= 15 is 0 Å². The van der Waals surface area contributed by atoms with Crippen LogP contribution in [0.3, 0.4) is 0 Å². The lowest BCUT2D eigenvalue weighted by atomic mass is 9.97. The molecule has 0 fully saturated rings. The maximum atomic E-state index is 12.2. The number of nitrogens with zero attached hydrogens (tertiary/aromatic N) is 1. The maximum Gasteiger partial charge on any atom is 0.323 e. The Kier molecular flexibility index (Phi) is 4.96. The lowest BCUT2D eigenvalue weighted by Crippen LogP contribution is -2.45. The van der Waals surface area contributed by atoms with Crippen LogP contribution in [0.15, 0.2) is 42.0 Å². The lowest BCUT2D eigenvalue weighted by molar-refractivity contribution is -0.150. The Balaban J connectivity index is 2.20. The fourth-order valence-corrected chi connectivity index (χ4v) is 2.70. The van der Waals surface area contributed by atoms with Gasteiger partial charge in [0.2, 0.25) is 0 Å². The zero-order chi connectivity index (χ0) is 14.5. The topological polar surface area (TPSA) is 29.5 Å². The molecule has 0 spiro atoms. The minimum atomic E-state index is -0.171. The molecule has 1 aromatic carbocycles. The average molecular weight is 273 g/mol. The Morgan fingerprint density at radius 2 is 2.10 bits per heavy atom. The molecular weight excluding hydrogens is 250 g/mol. The number of hydrogen-bond donors (Lipinski definition) is 0. The first-order valence-corrected chi connectivity index (χ1v) is 7.26. The van der Waals surface area contributed by atoms with Gasteiger partial charge in [0.05, 0.1) is 6.61 Å². The number of ether oxygens (including phenoxy) is 1. The van der Waals surface area contributed by atoms with E-state index in [1.165, 1.54) is 11.1 Å². The molecule has 0 N–H and O–H groups in total. The fourth-order valence-electron chi connectivity index (χ4n) is 2.70. The Bertz CT molecular complexity index is 481. The predicted octanol–water partition coefficient (Wildman–Crippen LogP) is 3.33. The second kappa shape index (κ2) is 6.71. The Morgan fingerprint density at radius 3 is 2.75 bits per heavy atom. The van der Waals surface area contributed by atoms with Gasteiger partial charge in [-0.1, -0.05) is 42.0 Å². The molecule has 0 aliphatic carbocycles. The van der Waals surface area contributed by atoms with Gasteiger partial charge < -0.3 is 4.74 Å². The molecule has 2 rings (SSSR count). The molecule has 0 saturated heterocycles. The SMILES string of the molecule is CCOC(=O)[C@H]1CC(C)=CCN1[C@H](C)c1ccccc1. The van der Waals surface area contributed by atoms with Crippen molar-refractivity contribution in [3.8, 4) is 0 Å². The summed E-state index contributed by atoms with van der Waals surface area (Å²) in [5.74, 6) is -0.109. The Morgan fingerprint density at radius 1 is 1.40 bits per heavy atom. The van der Waals surface area contributed by atoms with E-state index in [1.54, 1.807) is 0 Å². The van der Waals surface area contributed by atoms with Gasteiger partial charge >= 0.3 is 5.97 Å². The van der Waals surface area contributed by atoms with Crippen molar-refractivity contribution < 1.29 is 9.53 Å². The van der Waals surface area contributed by atoms with Crippen molar-refractivity contribution in [2.75, 3.05) is 13.2 Å². The van der Waals surface area contributed by atoms with Crippen LogP contribution in [0.25, 0.3) is 0 Å². The third-order valence-electron chi connectivity index (χ3n) is 3.90. The van der Waals surface area contributed by atoms with Crippen LogP contribution in [-0.4, -0.2) is 30.1 Å². The van der Waals surface area contributed by atoms with Gasteiger partial charge in [-0.15, -0.1) is 0 Å². The third kappa shape index (κ3) is 3.28. The molecule has 2 atom stereocenters. The summed E-state index contributed by atoms with van der Waals surface area (Å²) < 4.78 is 5.24. The summed E-state index contributed by atoms with van der Waals surface area (Å²) in [6.45, 7) is 7.32. The number of rotatable bonds is 4. The van der Waals surface area contributed by atoms with Crippen molar-refractivity contribution in [3.63, 3.8) is 0 Å². The van der Waals surface area contributed by atoms with Crippen LogP contribution < -0.4 is 0 Å². The van der Waals surface area contributed by atoms with Crippen molar-refractivity contribution in [3.05, 3.63) is 47.5 Å². The zero-order valence-corrected chi connectivity index (χ0v) is 12.5. The van der Waals surface area contributed by atoms with Gasteiger partial charge in [-0.25, -0.2) is 0 Å². The average Bonchev–Trinajstić information content (AvgIpc) is 2.47. The van der Waals surface area contributed by atoms with E-state index in [-0.39, 0.29) is 18.1 Å². The van der Waals surface area contributed by atoms with Crippen LogP contribution >= 0.6 is 0 Å². The fraction of sp³-hybridized carbons (Fsp3) is 0.471. The number of carbonyl (C=O) groups excluding carboxylic acids is 1. The first-order valence-electron chi connectivity index (χ1n) is 7.26. The van der Waals surface area contributed by atoms with Crippen LogP contribution in [0.5, 0.6) is 0 Å². The molecule has 0 radical (unpaired) electrons. The van der Waals surface area contributed by atoms with E-state index in [1.807, 2.05) is 25.1 Å². The lowest BCUT2D eigenvalue weighted by Gasteiger charge is -2.37. The summed E-state index contributed by atoms with van der Waals surface area (Å²) in [4.78, 5) is 14.4. The van der Waals surface area contributed by atoms with Crippen LogP contribution in [0.1, 0.15) is 38.8 Å². The summed E-state index contributed by atoms with van der Waals surface area (Å²) in [5, 5.41) is 0. The van der Waals surface area contributed by atoms with Gasteiger partial charge in [0, 0.05) is 12.6 Å². The molecule has 0 bridgehead atoms. The van der Waals surface area contributed by atoms with E-state index in [0.29, 0.717) is 6.61 Å². The molecule has 1 aliphatic rings. The normalized spacial score (nSPS) is 21.1. The quantitative estimate of drug-likeness (QED) is 0.622. The van der Waals surface area contributed by atoms with Crippen LogP contribution in [0, 0.1) is 0 Å². The molecule has 3 heteroatoms. The van der Waals surface area contributed by atoms with Crippen molar-refractivity contribution >= 4 is 5.97 Å². The molecule has 1 heterocycles. The van der Waals surface area contributed by atoms with Gasteiger partial charge in [0.25, 0.3) is 0 Å². The van der Waals surface area contributed by atoms with Gasteiger partial charge in [-0.2, -0.15) is 0 Å². The predicted molar refractivity (Wildman–Crippen MR) is 80.4 cm³/mol. The molecule has 1 aliphatic heterocycles. The van der Waals surface area contributed by atoms with Crippen LogP contribution in [-0.2, 0) is 9.53 Å². The maximum absolute atomic E-state index is 12.2. The minimum Gasteiger partial charge on any atom is -0.465 e. The van der Waals surface area contributed by atoms with Gasteiger partial charge in [-0.3, -0.25) is 9.69 Å². The van der Waals surface area contributed by atoms with E-state index in [9.17, 15) is 4.79 Å². The first-order chi connectivity index (χ1) is 9.63. The van der Waals surface area contributed by atoms with Crippen molar-refractivity contribution in [1.29, 1.82) is 0 Å². The van der Waals surface area contributed by atoms with Gasteiger partial charge in [-0.05, 0) is 32.8 Å². The minimum absolute atomic E-state index is 0.109. The van der Waals surface area contributed by atoms with E-state index in [0.717, 1.165) is 13.0 Å². The molecule has 0 amide bonds. The molecule has 20 heavy (non-hydrogen) atoms. The highest BCUT2D eigenvalue weighted by Gasteiger charge is 2.33. The van der Waals surface area contributed by atoms with E-state index in [4.69, 9.17) is 4.74 Å². The Labute approximate surface area is 121 Å². The molecule has 3 nitrogen and oxygen atoms in total. The molecule has 1 aromatic rings. The molecule has 0 saturated carbocycles. The number of esters is 1. The summed E-state index contributed by atoms with van der Waals surface area (Å²) in [6, 6.07) is 10.3. The first kappa shape index (κ1) is 14.8. The van der Waals surface area contributed by atoms with Crippen molar-refractivity contribution in [2.45, 2.75) is 39.3 Å².